The van der Waals surface area contributed by atoms with Crippen molar-refractivity contribution in [2.75, 3.05) is 0 Å². The van der Waals surface area contributed by atoms with Gasteiger partial charge in [0.05, 0.1) is 0 Å². The molecule has 0 unspecified atom stereocenters. The average Bonchev–Trinajstić information content (AvgIpc) is 3.17. The van der Waals surface area contributed by atoms with Gasteiger partial charge >= 0.3 is 0 Å². The summed E-state index contributed by atoms with van der Waals surface area (Å²) in [5.74, 6) is 13.6. The van der Waals surface area contributed by atoms with Crippen LogP contribution in [-0.2, 0) is 5.41 Å². The summed E-state index contributed by atoms with van der Waals surface area (Å²) in [4.78, 5) is 0. The molecule has 1 aliphatic rings. The summed E-state index contributed by atoms with van der Waals surface area (Å²) in [6, 6.07) is 30.6. The van der Waals surface area contributed by atoms with Crippen molar-refractivity contribution in [3.8, 4) is 34.8 Å². The van der Waals surface area contributed by atoms with Crippen molar-refractivity contribution in [2.24, 2.45) is 0 Å². The molecular formula is C37H34. The van der Waals surface area contributed by atoms with Crippen LogP contribution in [0.15, 0.2) is 84.9 Å². The fourth-order valence-corrected chi connectivity index (χ4v) is 5.73. The van der Waals surface area contributed by atoms with Crippen LogP contribution in [0.25, 0.3) is 11.1 Å². The molecule has 0 aliphatic heterocycles. The van der Waals surface area contributed by atoms with Gasteiger partial charge in [0.1, 0.15) is 0 Å². The van der Waals surface area contributed by atoms with Crippen LogP contribution in [0.1, 0.15) is 84.0 Å². The zero-order valence-corrected chi connectivity index (χ0v) is 22.4. The van der Waals surface area contributed by atoms with E-state index in [4.69, 9.17) is 0 Å². The molecule has 0 saturated heterocycles. The molecule has 0 N–H and O–H groups in total. The van der Waals surface area contributed by atoms with Crippen LogP contribution in [0, 0.1) is 37.5 Å². The van der Waals surface area contributed by atoms with Gasteiger partial charge in [0.25, 0.3) is 0 Å². The highest BCUT2D eigenvalue weighted by Gasteiger charge is 2.41. The minimum Gasteiger partial charge on any atom is -0.0653 e. The van der Waals surface area contributed by atoms with Gasteiger partial charge in [-0.1, -0.05) is 97.9 Å². The Morgan fingerprint density at radius 3 is 1.22 bits per heavy atom. The standard InChI is InChI=1S/C37H34/c1-5-23-37(24-6-2)35-25-31(17-15-29-11-7-27(3)8-12-29)19-21-33(35)34-22-20-32(26-36(34)37)18-16-30-13-9-28(4)10-14-30/h7-14,19-22,25-26H,5-6,23-24H2,1-4H3. The van der Waals surface area contributed by atoms with Gasteiger partial charge in [-0.3, -0.25) is 0 Å². The number of hydrogen-bond donors (Lipinski definition) is 0. The molecule has 4 aromatic rings. The minimum absolute atomic E-state index is 0.0112. The van der Waals surface area contributed by atoms with E-state index in [-0.39, 0.29) is 5.41 Å². The van der Waals surface area contributed by atoms with E-state index in [1.165, 1.54) is 33.4 Å². The molecule has 5 rings (SSSR count). The summed E-state index contributed by atoms with van der Waals surface area (Å²) >= 11 is 0. The van der Waals surface area contributed by atoms with Crippen molar-refractivity contribution in [1.29, 1.82) is 0 Å². The van der Waals surface area contributed by atoms with Crippen molar-refractivity contribution in [3.05, 3.63) is 129 Å². The van der Waals surface area contributed by atoms with Gasteiger partial charge in [0.2, 0.25) is 0 Å². The zero-order valence-electron chi connectivity index (χ0n) is 22.4. The van der Waals surface area contributed by atoms with Gasteiger partial charge in [0, 0.05) is 27.7 Å². The summed E-state index contributed by atoms with van der Waals surface area (Å²) < 4.78 is 0. The SMILES string of the molecule is CCCC1(CCC)c2cc(C#Cc3ccc(C)cc3)ccc2-c2ccc(C#Cc3ccc(C)cc3)cc21. The number of hydrogen-bond acceptors (Lipinski definition) is 0. The Labute approximate surface area is 222 Å². The van der Waals surface area contributed by atoms with E-state index in [0.29, 0.717) is 0 Å². The van der Waals surface area contributed by atoms with E-state index in [2.05, 4.69) is 136 Å². The van der Waals surface area contributed by atoms with Crippen molar-refractivity contribution in [1.82, 2.24) is 0 Å². The predicted octanol–water partition coefficient (Wildman–Crippen LogP) is 8.97. The Bertz CT molecular complexity index is 1420. The first-order valence-electron chi connectivity index (χ1n) is 13.5. The maximum atomic E-state index is 3.44. The van der Waals surface area contributed by atoms with Crippen LogP contribution in [0.4, 0.5) is 0 Å². The second kappa shape index (κ2) is 10.5. The molecule has 0 radical (unpaired) electrons. The Balaban J connectivity index is 1.57. The minimum atomic E-state index is 0.0112. The third kappa shape index (κ3) is 4.99. The van der Waals surface area contributed by atoms with Gasteiger partial charge < -0.3 is 0 Å². The smallest absolute Gasteiger partial charge is 0.0252 e. The highest BCUT2D eigenvalue weighted by atomic mass is 14.4. The van der Waals surface area contributed by atoms with E-state index in [1.807, 2.05) is 0 Å². The fraction of sp³-hybridized carbons (Fsp3) is 0.243. The lowest BCUT2D eigenvalue weighted by atomic mass is 9.71. The van der Waals surface area contributed by atoms with Gasteiger partial charge in [0.15, 0.2) is 0 Å². The van der Waals surface area contributed by atoms with Gasteiger partial charge in [-0.25, -0.2) is 0 Å². The molecule has 0 saturated carbocycles. The molecule has 0 nitrogen and oxygen atoms in total. The first-order chi connectivity index (χ1) is 18.0. The molecule has 0 atom stereocenters. The maximum absolute atomic E-state index is 3.44. The summed E-state index contributed by atoms with van der Waals surface area (Å²) in [6.45, 7) is 8.82. The molecule has 182 valence electrons. The Morgan fingerprint density at radius 2 is 0.838 bits per heavy atom. The lowest BCUT2D eigenvalue weighted by Crippen LogP contribution is -2.25. The van der Waals surface area contributed by atoms with E-state index >= 15 is 0 Å². The third-order valence-electron chi connectivity index (χ3n) is 7.52. The van der Waals surface area contributed by atoms with Crippen LogP contribution in [0.3, 0.4) is 0 Å². The highest BCUT2D eigenvalue weighted by molar-refractivity contribution is 5.82. The molecule has 0 amide bonds. The van der Waals surface area contributed by atoms with E-state index in [9.17, 15) is 0 Å². The van der Waals surface area contributed by atoms with Crippen molar-refractivity contribution in [2.45, 2.75) is 58.8 Å². The lowest BCUT2D eigenvalue weighted by Gasteiger charge is -2.32. The predicted molar refractivity (Wildman–Crippen MR) is 157 cm³/mol. The number of fused-ring (bicyclic) bond motifs is 3. The second-order valence-electron chi connectivity index (χ2n) is 10.3. The average molecular weight is 479 g/mol. The Hall–Kier alpha value is -4.00. The third-order valence-corrected chi connectivity index (χ3v) is 7.52. The molecule has 37 heavy (non-hydrogen) atoms. The van der Waals surface area contributed by atoms with Gasteiger partial charge in [-0.2, -0.15) is 0 Å². The molecule has 0 spiro atoms. The van der Waals surface area contributed by atoms with E-state index in [1.54, 1.807) is 0 Å². The number of aryl methyl sites for hydroxylation is 2. The van der Waals surface area contributed by atoms with E-state index < -0.39 is 0 Å². The molecule has 0 fully saturated rings. The second-order valence-corrected chi connectivity index (χ2v) is 10.3. The first kappa shape index (κ1) is 24.7. The maximum Gasteiger partial charge on any atom is 0.0252 e. The Morgan fingerprint density at radius 1 is 0.486 bits per heavy atom. The first-order valence-corrected chi connectivity index (χ1v) is 13.5. The molecule has 1 aliphatic carbocycles. The van der Waals surface area contributed by atoms with Crippen molar-refractivity contribution >= 4 is 0 Å². The summed E-state index contributed by atoms with van der Waals surface area (Å²) in [5, 5.41) is 0. The van der Waals surface area contributed by atoms with E-state index in [0.717, 1.165) is 47.9 Å². The van der Waals surface area contributed by atoms with Gasteiger partial charge in [-0.05, 0) is 97.5 Å². The highest BCUT2D eigenvalue weighted by Crippen LogP contribution is 2.54. The number of benzene rings is 4. The molecule has 0 heteroatoms. The van der Waals surface area contributed by atoms with Crippen LogP contribution in [-0.4, -0.2) is 0 Å². The molecule has 0 heterocycles. The van der Waals surface area contributed by atoms with Crippen LogP contribution >= 0.6 is 0 Å². The van der Waals surface area contributed by atoms with Crippen LogP contribution in [0.5, 0.6) is 0 Å². The fourth-order valence-electron chi connectivity index (χ4n) is 5.73. The quantitative estimate of drug-likeness (QED) is 0.257. The molecule has 4 aromatic carbocycles. The summed E-state index contributed by atoms with van der Waals surface area (Å²) in [5.41, 5.74) is 12.4. The van der Waals surface area contributed by atoms with Crippen molar-refractivity contribution in [3.63, 3.8) is 0 Å². The molecule has 0 aromatic heterocycles. The monoisotopic (exact) mass is 478 g/mol. The lowest BCUT2D eigenvalue weighted by molar-refractivity contribution is 0.435. The van der Waals surface area contributed by atoms with Crippen LogP contribution < -0.4 is 0 Å². The molecule has 0 bridgehead atoms. The molecular weight excluding hydrogens is 444 g/mol. The summed E-state index contributed by atoms with van der Waals surface area (Å²) in [7, 11) is 0. The number of rotatable bonds is 4. The Kier molecular flexibility index (Phi) is 7.04. The summed E-state index contributed by atoms with van der Waals surface area (Å²) in [6.07, 6.45) is 4.53. The van der Waals surface area contributed by atoms with Gasteiger partial charge in [-0.15, -0.1) is 0 Å². The van der Waals surface area contributed by atoms with Crippen LogP contribution in [0.2, 0.25) is 0 Å². The topological polar surface area (TPSA) is 0 Å². The zero-order chi connectivity index (χ0) is 25.8. The van der Waals surface area contributed by atoms with Crippen molar-refractivity contribution < 1.29 is 0 Å². The largest absolute Gasteiger partial charge is 0.0653 e. The normalized spacial score (nSPS) is 12.5.